The van der Waals surface area contributed by atoms with Gasteiger partial charge in [0.25, 0.3) is 0 Å². The molecule has 3 aromatic rings. The van der Waals surface area contributed by atoms with Gasteiger partial charge in [-0.2, -0.15) is 5.26 Å². The van der Waals surface area contributed by atoms with Crippen LogP contribution in [0.3, 0.4) is 0 Å². The van der Waals surface area contributed by atoms with E-state index in [1.54, 1.807) is 24.4 Å². The number of nitrogens with zero attached hydrogens (tertiary/aromatic N) is 1. The van der Waals surface area contributed by atoms with Crippen molar-refractivity contribution in [2.45, 2.75) is 6.92 Å². The summed E-state index contributed by atoms with van der Waals surface area (Å²) in [5.41, 5.74) is 0.914. The zero-order valence-corrected chi connectivity index (χ0v) is 13.3. The van der Waals surface area contributed by atoms with E-state index in [0.717, 1.165) is 11.5 Å². The van der Waals surface area contributed by atoms with Gasteiger partial charge in [-0.15, -0.1) is 0 Å². The first kappa shape index (κ1) is 16.5. The lowest BCUT2D eigenvalue weighted by molar-refractivity contribution is 0.272. The van der Waals surface area contributed by atoms with E-state index < -0.39 is 11.6 Å². The van der Waals surface area contributed by atoms with Crippen molar-refractivity contribution in [1.29, 1.82) is 5.26 Å². The van der Waals surface area contributed by atoms with E-state index >= 15 is 0 Å². The van der Waals surface area contributed by atoms with Gasteiger partial charge >= 0.3 is 0 Å². The van der Waals surface area contributed by atoms with Gasteiger partial charge in [0.1, 0.15) is 17.6 Å². The van der Waals surface area contributed by atoms with Crippen LogP contribution in [0.15, 0.2) is 42.8 Å². The molecule has 0 fully saturated rings. The molecule has 0 saturated heterocycles. The Morgan fingerprint density at radius 3 is 2.80 bits per heavy atom. The van der Waals surface area contributed by atoms with Gasteiger partial charge in [-0.3, -0.25) is 0 Å². The summed E-state index contributed by atoms with van der Waals surface area (Å²) in [6.07, 6.45) is 4.75. The molecule has 126 valence electrons. The summed E-state index contributed by atoms with van der Waals surface area (Å²) < 4.78 is 38.8. The zero-order chi connectivity index (χ0) is 17.8. The average molecular weight is 340 g/mol. The SMILES string of the molecule is CCO/C=C/c1c(Oc2ccc(F)c(C#N)c2)c(F)cc2[nH]ccc12. The third kappa shape index (κ3) is 3.31. The van der Waals surface area contributed by atoms with Crippen molar-refractivity contribution in [3.05, 3.63) is 65.6 Å². The highest BCUT2D eigenvalue weighted by Crippen LogP contribution is 2.35. The maximum Gasteiger partial charge on any atom is 0.171 e. The first-order valence-corrected chi connectivity index (χ1v) is 7.59. The molecule has 0 aliphatic rings. The number of halogens is 2. The first-order chi connectivity index (χ1) is 12.1. The normalized spacial score (nSPS) is 11.0. The van der Waals surface area contributed by atoms with Gasteiger partial charge < -0.3 is 14.5 Å². The molecule has 0 amide bonds. The summed E-state index contributed by atoms with van der Waals surface area (Å²) in [6, 6.07) is 8.51. The molecule has 0 unspecified atom stereocenters. The lowest BCUT2D eigenvalue weighted by Crippen LogP contribution is -1.95. The summed E-state index contributed by atoms with van der Waals surface area (Å²) >= 11 is 0. The number of benzene rings is 2. The summed E-state index contributed by atoms with van der Waals surface area (Å²) in [5, 5.41) is 9.67. The minimum Gasteiger partial charge on any atom is -0.501 e. The van der Waals surface area contributed by atoms with E-state index in [-0.39, 0.29) is 17.1 Å². The molecule has 1 N–H and O–H groups in total. The van der Waals surface area contributed by atoms with Gasteiger partial charge in [0.15, 0.2) is 11.6 Å². The zero-order valence-electron chi connectivity index (χ0n) is 13.3. The minimum absolute atomic E-state index is 0.0291. The fourth-order valence-corrected chi connectivity index (χ4v) is 2.43. The second-order valence-corrected chi connectivity index (χ2v) is 5.15. The summed E-state index contributed by atoms with van der Waals surface area (Å²) in [6.45, 7) is 2.31. The Bertz CT molecular complexity index is 987. The molecule has 0 aliphatic heterocycles. The fourth-order valence-electron chi connectivity index (χ4n) is 2.43. The fraction of sp³-hybridized carbons (Fsp3) is 0.105. The Morgan fingerprint density at radius 1 is 1.20 bits per heavy atom. The van der Waals surface area contributed by atoms with Crippen molar-refractivity contribution < 1.29 is 18.3 Å². The number of nitrogens with one attached hydrogen (secondary N) is 1. The molecular formula is C19H14F2N2O2. The van der Waals surface area contributed by atoms with Crippen LogP contribution in [0.5, 0.6) is 11.5 Å². The van der Waals surface area contributed by atoms with Gasteiger partial charge in [-0.05, 0) is 31.2 Å². The second-order valence-electron chi connectivity index (χ2n) is 5.15. The number of nitriles is 1. The maximum absolute atomic E-state index is 14.6. The standard InChI is InChI=1S/C19H14F2N2O2/c1-2-24-8-6-15-14-5-7-23-18(14)10-17(21)19(15)25-13-3-4-16(20)12(9-13)11-22/h3-10,23H,2H2,1H3/b8-6+. The molecule has 4 nitrogen and oxygen atoms in total. The number of aromatic nitrogens is 1. The molecule has 0 atom stereocenters. The van der Waals surface area contributed by atoms with Crippen molar-refractivity contribution in [2.24, 2.45) is 0 Å². The Balaban J connectivity index is 2.10. The smallest absolute Gasteiger partial charge is 0.171 e. The number of rotatable bonds is 5. The molecule has 1 heterocycles. The summed E-state index contributed by atoms with van der Waals surface area (Å²) in [7, 11) is 0. The van der Waals surface area contributed by atoms with Crippen LogP contribution >= 0.6 is 0 Å². The third-order valence-corrected chi connectivity index (χ3v) is 3.58. The summed E-state index contributed by atoms with van der Waals surface area (Å²) in [5.74, 6) is -1.11. The van der Waals surface area contributed by atoms with Crippen LogP contribution in [0.25, 0.3) is 17.0 Å². The van der Waals surface area contributed by atoms with Crippen molar-refractivity contribution in [3.8, 4) is 17.6 Å². The van der Waals surface area contributed by atoms with Crippen molar-refractivity contribution in [2.75, 3.05) is 6.61 Å². The molecule has 0 radical (unpaired) electrons. The number of ether oxygens (including phenoxy) is 2. The van der Waals surface area contributed by atoms with Crippen LogP contribution in [0.1, 0.15) is 18.1 Å². The predicted octanol–water partition coefficient (Wildman–Crippen LogP) is 5.12. The van der Waals surface area contributed by atoms with Gasteiger partial charge in [0, 0.05) is 34.8 Å². The van der Waals surface area contributed by atoms with E-state index in [4.69, 9.17) is 14.7 Å². The van der Waals surface area contributed by atoms with Crippen LogP contribution in [0.2, 0.25) is 0 Å². The monoisotopic (exact) mass is 340 g/mol. The largest absolute Gasteiger partial charge is 0.501 e. The molecule has 0 spiro atoms. The third-order valence-electron chi connectivity index (χ3n) is 3.58. The van der Waals surface area contributed by atoms with Crippen molar-refractivity contribution in [3.63, 3.8) is 0 Å². The van der Waals surface area contributed by atoms with Crippen LogP contribution in [0.4, 0.5) is 8.78 Å². The van der Waals surface area contributed by atoms with Gasteiger partial charge in [0.2, 0.25) is 0 Å². The Labute approximate surface area is 142 Å². The Morgan fingerprint density at radius 2 is 2.04 bits per heavy atom. The quantitative estimate of drug-likeness (QED) is 0.656. The molecule has 25 heavy (non-hydrogen) atoms. The summed E-state index contributed by atoms with van der Waals surface area (Å²) in [4.78, 5) is 2.95. The molecule has 0 bridgehead atoms. The molecule has 2 aromatic carbocycles. The number of H-pyrrole nitrogens is 1. The Kier molecular flexibility index (Phi) is 4.66. The molecule has 1 aromatic heterocycles. The lowest BCUT2D eigenvalue weighted by atomic mass is 10.1. The highest BCUT2D eigenvalue weighted by atomic mass is 19.1. The van der Waals surface area contributed by atoms with E-state index in [9.17, 15) is 8.78 Å². The highest BCUT2D eigenvalue weighted by Gasteiger charge is 2.16. The minimum atomic E-state index is -0.659. The average Bonchev–Trinajstić information content (AvgIpc) is 3.07. The van der Waals surface area contributed by atoms with Crippen LogP contribution < -0.4 is 4.74 Å². The predicted molar refractivity (Wildman–Crippen MR) is 90.1 cm³/mol. The second kappa shape index (κ2) is 7.05. The van der Waals surface area contributed by atoms with Gasteiger partial charge in [-0.25, -0.2) is 8.78 Å². The highest BCUT2D eigenvalue weighted by molar-refractivity contribution is 5.91. The van der Waals surface area contributed by atoms with E-state index in [2.05, 4.69) is 4.98 Å². The van der Waals surface area contributed by atoms with E-state index in [1.807, 2.05) is 6.92 Å². The molecule has 3 rings (SSSR count). The molecule has 0 saturated carbocycles. The lowest BCUT2D eigenvalue weighted by Gasteiger charge is -2.12. The molecule has 6 heteroatoms. The number of hydrogen-bond donors (Lipinski definition) is 1. The number of fused-ring (bicyclic) bond motifs is 1. The van der Waals surface area contributed by atoms with Crippen LogP contribution in [-0.2, 0) is 4.74 Å². The van der Waals surface area contributed by atoms with E-state index in [1.165, 1.54) is 24.5 Å². The van der Waals surface area contributed by atoms with Crippen molar-refractivity contribution in [1.82, 2.24) is 4.98 Å². The first-order valence-electron chi connectivity index (χ1n) is 7.59. The molecular weight excluding hydrogens is 326 g/mol. The van der Waals surface area contributed by atoms with Crippen LogP contribution in [-0.4, -0.2) is 11.6 Å². The Hall–Kier alpha value is -3.33. The number of aromatic amines is 1. The van der Waals surface area contributed by atoms with Gasteiger partial charge in [-0.1, -0.05) is 0 Å². The molecule has 0 aliphatic carbocycles. The topological polar surface area (TPSA) is 58.0 Å². The maximum atomic E-state index is 14.6. The van der Waals surface area contributed by atoms with Gasteiger partial charge in [0.05, 0.1) is 18.4 Å². The van der Waals surface area contributed by atoms with E-state index in [0.29, 0.717) is 17.7 Å². The van der Waals surface area contributed by atoms with Crippen LogP contribution in [0, 0.1) is 23.0 Å². The number of hydrogen-bond acceptors (Lipinski definition) is 3. The van der Waals surface area contributed by atoms with Crippen molar-refractivity contribution >= 4 is 17.0 Å².